The molecule has 5 nitrogen and oxygen atoms in total. The Bertz CT molecular complexity index is 756. The van der Waals surface area contributed by atoms with Crippen LogP contribution < -0.4 is 10.6 Å². The Balaban J connectivity index is 1.57. The van der Waals surface area contributed by atoms with Crippen molar-refractivity contribution < 1.29 is 14.3 Å². The fourth-order valence-corrected chi connectivity index (χ4v) is 3.13. The lowest BCUT2D eigenvalue weighted by atomic mass is 10.1. The minimum Gasteiger partial charge on any atom is -0.376 e. The van der Waals surface area contributed by atoms with Crippen molar-refractivity contribution in [2.24, 2.45) is 0 Å². The van der Waals surface area contributed by atoms with Crippen molar-refractivity contribution in [1.82, 2.24) is 5.32 Å². The number of hydrogen-bond acceptors (Lipinski definition) is 3. The molecular weight excluding hydrogens is 384 g/mol. The second-order valence-electron chi connectivity index (χ2n) is 5.86. The minimum absolute atomic E-state index is 0.117. The van der Waals surface area contributed by atoms with E-state index in [0.717, 1.165) is 23.9 Å². The molecule has 0 bridgehead atoms. The molecule has 2 amide bonds. The molecule has 1 unspecified atom stereocenters. The first-order chi connectivity index (χ1) is 12.1. The number of nitrogens with one attached hydrogen (secondary N) is 2. The van der Waals surface area contributed by atoms with Gasteiger partial charge >= 0.3 is 0 Å². The normalized spacial score (nSPS) is 16.4. The van der Waals surface area contributed by atoms with Crippen molar-refractivity contribution >= 4 is 33.4 Å². The number of rotatable bonds is 5. The highest BCUT2D eigenvalue weighted by Crippen LogP contribution is 2.18. The average molecular weight is 403 g/mol. The highest BCUT2D eigenvalue weighted by molar-refractivity contribution is 9.10. The summed E-state index contributed by atoms with van der Waals surface area (Å²) in [6.07, 6.45) is 2.15. The van der Waals surface area contributed by atoms with Gasteiger partial charge in [-0.05, 0) is 65.2 Å². The molecule has 0 aromatic heterocycles. The molecule has 25 heavy (non-hydrogen) atoms. The van der Waals surface area contributed by atoms with Crippen LogP contribution in [0.25, 0.3) is 0 Å². The third kappa shape index (κ3) is 4.67. The van der Waals surface area contributed by atoms with E-state index in [9.17, 15) is 9.59 Å². The van der Waals surface area contributed by atoms with Crippen LogP contribution in [0.15, 0.2) is 53.0 Å². The van der Waals surface area contributed by atoms with Gasteiger partial charge in [0.25, 0.3) is 11.8 Å². The predicted octanol–water partition coefficient (Wildman–Crippen LogP) is 3.61. The van der Waals surface area contributed by atoms with Crippen molar-refractivity contribution in [3.8, 4) is 0 Å². The van der Waals surface area contributed by atoms with Gasteiger partial charge in [-0.15, -0.1) is 0 Å². The summed E-state index contributed by atoms with van der Waals surface area (Å²) < 4.78 is 6.22. The predicted molar refractivity (Wildman–Crippen MR) is 99.8 cm³/mol. The fourth-order valence-electron chi connectivity index (χ4n) is 2.66. The van der Waals surface area contributed by atoms with E-state index in [1.54, 1.807) is 36.4 Å². The molecule has 3 rings (SSSR count). The number of anilines is 1. The standard InChI is InChI=1S/C19H19BrN2O3/c20-17-6-2-1-5-16(17)19(24)22-14-9-7-13(8-10-14)18(23)21-12-15-4-3-11-25-15/h1-2,5-10,15H,3-4,11-12H2,(H,21,23)(H,22,24). The van der Waals surface area contributed by atoms with Crippen LogP contribution in [0.1, 0.15) is 33.6 Å². The lowest BCUT2D eigenvalue weighted by Gasteiger charge is -2.11. The molecule has 1 aliphatic rings. The van der Waals surface area contributed by atoms with Gasteiger partial charge in [-0.3, -0.25) is 9.59 Å². The molecule has 2 aromatic rings. The quantitative estimate of drug-likeness (QED) is 0.802. The fraction of sp³-hybridized carbons (Fsp3) is 0.263. The van der Waals surface area contributed by atoms with Crippen LogP contribution >= 0.6 is 15.9 Å². The van der Waals surface area contributed by atoms with Gasteiger partial charge in [0.05, 0.1) is 11.7 Å². The van der Waals surface area contributed by atoms with Crippen LogP contribution in [0.3, 0.4) is 0 Å². The number of amides is 2. The number of ether oxygens (including phenoxy) is 1. The van der Waals surface area contributed by atoms with Crippen molar-refractivity contribution in [3.05, 3.63) is 64.1 Å². The lowest BCUT2D eigenvalue weighted by molar-refractivity contribution is 0.0857. The van der Waals surface area contributed by atoms with Gasteiger partial charge in [0.2, 0.25) is 0 Å². The van der Waals surface area contributed by atoms with E-state index >= 15 is 0 Å². The summed E-state index contributed by atoms with van der Waals surface area (Å²) in [6.45, 7) is 1.30. The SMILES string of the molecule is O=C(NCC1CCCO1)c1ccc(NC(=O)c2ccccc2Br)cc1. The Morgan fingerprint density at radius 3 is 2.52 bits per heavy atom. The van der Waals surface area contributed by atoms with Crippen LogP contribution in [0.2, 0.25) is 0 Å². The maximum absolute atomic E-state index is 12.3. The molecule has 0 saturated carbocycles. The first kappa shape index (κ1) is 17.6. The Labute approximate surface area is 154 Å². The highest BCUT2D eigenvalue weighted by Gasteiger charge is 2.16. The van der Waals surface area contributed by atoms with Gasteiger partial charge < -0.3 is 15.4 Å². The summed E-state index contributed by atoms with van der Waals surface area (Å²) in [4.78, 5) is 24.4. The highest BCUT2D eigenvalue weighted by atomic mass is 79.9. The maximum atomic E-state index is 12.3. The summed E-state index contributed by atoms with van der Waals surface area (Å²) >= 11 is 3.36. The van der Waals surface area contributed by atoms with Crippen molar-refractivity contribution in [2.75, 3.05) is 18.5 Å². The number of benzene rings is 2. The van der Waals surface area contributed by atoms with E-state index in [1.165, 1.54) is 0 Å². The molecule has 2 N–H and O–H groups in total. The number of carbonyl (C=O) groups is 2. The number of carbonyl (C=O) groups excluding carboxylic acids is 2. The molecule has 1 fully saturated rings. The molecule has 1 atom stereocenters. The Hall–Kier alpha value is -2.18. The van der Waals surface area contributed by atoms with Crippen molar-refractivity contribution in [1.29, 1.82) is 0 Å². The van der Waals surface area contributed by atoms with E-state index in [2.05, 4.69) is 26.6 Å². The largest absolute Gasteiger partial charge is 0.376 e. The number of halogens is 1. The zero-order chi connectivity index (χ0) is 17.6. The van der Waals surface area contributed by atoms with Crippen LogP contribution in [-0.4, -0.2) is 31.1 Å². The summed E-state index contributed by atoms with van der Waals surface area (Å²) in [5.74, 6) is -0.345. The van der Waals surface area contributed by atoms with Gasteiger partial charge in [0.15, 0.2) is 0 Å². The van der Waals surface area contributed by atoms with E-state index in [1.807, 2.05) is 12.1 Å². The van der Waals surface area contributed by atoms with E-state index in [0.29, 0.717) is 23.4 Å². The monoisotopic (exact) mass is 402 g/mol. The van der Waals surface area contributed by atoms with Crippen LogP contribution in [-0.2, 0) is 4.74 Å². The summed E-state index contributed by atoms with van der Waals surface area (Å²) in [5, 5.41) is 5.70. The van der Waals surface area contributed by atoms with Gasteiger partial charge in [0.1, 0.15) is 0 Å². The minimum atomic E-state index is -0.206. The molecule has 1 saturated heterocycles. The molecular formula is C19H19BrN2O3. The molecule has 1 aliphatic heterocycles. The molecule has 130 valence electrons. The molecule has 0 spiro atoms. The third-order valence-electron chi connectivity index (χ3n) is 4.04. The molecule has 6 heteroatoms. The number of hydrogen-bond donors (Lipinski definition) is 2. The molecule has 1 heterocycles. The molecule has 0 radical (unpaired) electrons. The zero-order valence-corrected chi connectivity index (χ0v) is 15.2. The first-order valence-corrected chi connectivity index (χ1v) is 8.98. The Kier molecular flexibility index (Phi) is 5.83. The lowest BCUT2D eigenvalue weighted by Crippen LogP contribution is -2.31. The molecule has 0 aliphatic carbocycles. The smallest absolute Gasteiger partial charge is 0.256 e. The summed E-state index contributed by atoms with van der Waals surface area (Å²) in [5.41, 5.74) is 1.74. The van der Waals surface area contributed by atoms with Gasteiger partial charge in [-0.2, -0.15) is 0 Å². The van der Waals surface area contributed by atoms with Crippen molar-refractivity contribution in [2.45, 2.75) is 18.9 Å². The topological polar surface area (TPSA) is 67.4 Å². The van der Waals surface area contributed by atoms with Gasteiger partial charge in [-0.1, -0.05) is 12.1 Å². The van der Waals surface area contributed by atoms with Gasteiger partial charge in [-0.25, -0.2) is 0 Å². The zero-order valence-electron chi connectivity index (χ0n) is 13.6. The Morgan fingerprint density at radius 2 is 1.84 bits per heavy atom. The first-order valence-electron chi connectivity index (χ1n) is 8.19. The van der Waals surface area contributed by atoms with E-state index < -0.39 is 0 Å². The van der Waals surface area contributed by atoms with Crippen LogP contribution in [0, 0.1) is 0 Å². The Morgan fingerprint density at radius 1 is 1.08 bits per heavy atom. The van der Waals surface area contributed by atoms with Crippen LogP contribution in [0.4, 0.5) is 5.69 Å². The molecule has 2 aromatic carbocycles. The third-order valence-corrected chi connectivity index (χ3v) is 4.73. The van der Waals surface area contributed by atoms with E-state index in [4.69, 9.17) is 4.74 Å². The van der Waals surface area contributed by atoms with Crippen LogP contribution in [0.5, 0.6) is 0 Å². The second-order valence-corrected chi connectivity index (χ2v) is 6.71. The second kappa shape index (κ2) is 8.27. The van der Waals surface area contributed by atoms with Crippen molar-refractivity contribution in [3.63, 3.8) is 0 Å². The summed E-state index contributed by atoms with van der Waals surface area (Å²) in [7, 11) is 0. The van der Waals surface area contributed by atoms with Gasteiger partial charge in [0, 0.05) is 28.9 Å². The maximum Gasteiger partial charge on any atom is 0.256 e. The van der Waals surface area contributed by atoms with E-state index in [-0.39, 0.29) is 17.9 Å². The average Bonchev–Trinajstić information content (AvgIpc) is 3.14. The summed E-state index contributed by atoms with van der Waals surface area (Å²) in [6, 6.07) is 14.0.